The fraction of sp³-hybridized carbons (Fsp3) is 0.619. The number of rotatable bonds is 3. The van der Waals surface area contributed by atoms with Crippen molar-refractivity contribution in [3.8, 4) is 0 Å². The van der Waals surface area contributed by atoms with Gasteiger partial charge in [0, 0.05) is 17.6 Å². The van der Waals surface area contributed by atoms with Gasteiger partial charge in [-0.25, -0.2) is 0 Å². The Morgan fingerprint density at radius 1 is 0.909 bits per heavy atom. The predicted octanol–water partition coefficient (Wildman–Crippen LogP) is 5.66. The molecule has 0 aliphatic carbocycles. The Morgan fingerprint density at radius 2 is 1.55 bits per heavy atom. The van der Waals surface area contributed by atoms with Crippen molar-refractivity contribution >= 4 is 10.9 Å². The van der Waals surface area contributed by atoms with Crippen molar-refractivity contribution in [3.05, 3.63) is 33.5 Å². The van der Waals surface area contributed by atoms with Gasteiger partial charge in [-0.2, -0.15) is 0 Å². The van der Waals surface area contributed by atoms with Crippen LogP contribution in [-0.2, 0) is 19.4 Å². The Labute approximate surface area is 135 Å². The maximum atomic E-state index is 2.65. The lowest BCUT2D eigenvalue weighted by molar-refractivity contribution is 0.417. The highest BCUT2D eigenvalue weighted by atomic mass is 15.0. The summed E-state index contributed by atoms with van der Waals surface area (Å²) in [5.74, 6) is 1.50. The topological polar surface area (TPSA) is 4.93 Å². The zero-order chi connectivity index (χ0) is 16.2. The van der Waals surface area contributed by atoms with Gasteiger partial charge in [-0.3, -0.25) is 0 Å². The second-order valence-electron chi connectivity index (χ2n) is 7.83. The van der Waals surface area contributed by atoms with E-state index in [0.29, 0.717) is 0 Å². The molecule has 0 saturated heterocycles. The maximum absolute atomic E-state index is 2.65. The molecule has 1 aliphatic rings. The molecule has 1 aromatic carbocycles. The number of hydrogen-bond acceptors (Lipinski definition) is 0. The zero-order valence-electron chi connectivity index (χ0n) is 15.4. The van der Waals surface area contributed by atoms with Crippen molar-refractivity contribution in [2.24, 2.45) is 11.8 Å². The van der Waals surface area contributed by atoms with Gasteiger partial charge in [0.2, 0.25) is 0 Å². The van der Waals surface area contributed by atoms with Crippen LogP contribution < -0.4 is 0 Å². The lowest BCUT2D eigenvalue weighted by Gasteiger charge is -2.18. The molecule has 0 saturated carbocycles. The van der Waals surface area contributed by atoms with Crippen LogP contribution in [0.5, 0.6) is 0 Å². The minimum Gasteiger partial charge on any atom is -0.344 e. The van der Waals surface area contributed by atoms with E-state index in [0.717, 1.165) is 11.8 Å². The fourth-order valence-corrected chi connectivity index (χ4v) is 4.16. The van der Waals surface area contributed by atoms with Crippen LogP contribution in [0.1, 0.15) is 60.7 Å². The van der Waals surface area contributed by atoms with Crippen LogP contribution >= 0.6 is 0 Å². The maximum Gasteiger partial charge on any atom is 0.0520 e. The van der Waals surface area contributed by atoms with E-state index in [1.54, 1.807) is 22.2 Å². The molecular formula is C21H31N. The van der Waals surface area contributed by atoms with E-state index in [-0.39, 0.29) is 0 Å². The summed E-state index contributed by atoms with van der Waals surface area (Å²) in [4.78, 5) is 0. The van der Waals surface area contributed by atoms with E-state index < -0.39 is 0 Å². The van der Waals surface area contributed by atoms with Gasteiger partial charge in [-0.1, -0.05) is 20.8 Å². The van der Waals surface area contributed by atoms with E-state index in [2.05, 4.69) is 53.0 Å². The van der Waals surface area contributed by atoms with E-state index in [9.17, 15) is 0 Å². The second kappa shape index (κ2) is 5.44. The number of aryl methyl sites for hydroxylation is 3. The quantitative estimate of drug-likeness (QED) is 0.689. The fourth-order valence-electron chi connectivity index (χ4n) is 4.16. The molecule has 22 heavy (non-hydrogen) atoms. The molecule has 0 amide bonds. The van der Waals surface area contributed by atoms with Gasteiger partial charge in [0.05, 0.1) is 5.52 Å². The normalized spacial score (nSPS) is 15.8. The van der Waals surface area contributed by atoms with Gasteiger partial charge < -0.3 is 4.57 Å². The van der Waals surface area contributed by atoms with Crippen molar-refractivity contribution in [2.45, 2.75) is 74.3 Å². The Hall–Kier alpha value is -1.24. The van der Waals surface area contributed by atoms with Gasteiger partial charge in [0.25, 0.3) is 0 Å². The molecule has 1 unspecified atom stereocenters. The molecule has 1 aliphatic heterocycles. The average Bonchev–Trinajstić information content (AvgIpc) is 3.04. The van der Waals surface area contributed by atoms with Crippen LogP contribution in [0.2, 0.25) is 0 Å². The summed E-state index contributed by atoms with van der Waals surface area (Å²) < 4.78 is 2.65. The Kier molecular flexibility index (Phi) is 3.87. The van der Waals surface area contributed by atoms with Crippen LogP contribution in [-0.4, -0.2) is 4.57 Å². The molecule has 0 spiro atoms. The molecule has 1 heteroatoms. The third-order valence-corrected chi connectivity index (χ3v) is 6.36. The summed E-state index contributed by atoms with van der Waals surface area (Å²) in [5.41, 5.74) is 10.8. The number of benzene rings is 1. The molecule has 120 valence electrons. The third-order valence-electron chi connectivity index (χ3n) is 6.36. The summed E-state index contributed by atoms with van der Waals surface area (Å²) in [5, 5.41) is 1.59. The molecular weight excluding hydrogens is 266 g/mol. The summed E-state index contributed by atoms with van der Waals surface area (Å²) >= 11 is 0. The van der Waals surface area contributed by atoms with Crippen molar-refractivity contribution in [2.75, 3.05) is 0 Å². The van der Waals surface area contributed by atoms with Gasteiger partial charge in [0.1, 0.15) is 0 Å². The molecule has 1 nitrogen and oxygen atoms in total. The first-order valence-corrected chi connectivity index (χ1v) is 8.94. The second-order valence-corrected chi connectivity index (χ2v) is 7.83. The molecule has 0 bridgehead atoms. The van der Waals surface area contributed by atoms with Crippen LogP contribution in [0, 0.1) is 39.5 Å². The molecule has 0 fully saturated rings. The van der Waals surface area contributed by atoms with Gasteiger partial charge in [-0.15, -0.1) is 0 Å². The first-order chi connectivity index (χ1) is 10.3. The first-order valence-electron chi connectivity index (χ1n) is 8.94. The molecule has 1 atom stereocenters. The van der Waals surface area contributed by atoms with E-state index >= 15 is 0 Å². The van der Waals surface area contributed by atoms with Gasteiger partial charge in [-0.05, 0) is 86.6 Å². The molecule has 1 aromatic heterocycles. The Bertz CT molecular complexity index is 731. The van der Waals surface area contributed by atoms with Crippen LogP contribution in [0.3, 0.4) is 0 Å². The largest absolute Gasteiger partial charge is 0.344 e. The highest BCUT2D eigenvalue weighted by molar-refractivity contribution is 5.93. The van der Waals surface area contributed by atoms with Crippen molar-refractivity contribution in [1.29, 1.82) is 0 Å². The van der Waals surface area contributed by atoms with Crippen LogP contribution in [0.4, 0.5) is 0 Å². The first kappa shape index (κ1) is 15.6. The van der Waals surface area contributed by atoms with Crippen molar-refractivity contribution in [1.82, 2.24) is 4.57 Å². The minimum absolute atomic E-state index is 0.747. The van der Waals surface area contributed by atoms with Crippen LogP contribution in [0.15, 0.2) is 0 Å². The summed E-state index contributed by atoms with van der Waals surface area (Å²) in [6, 6.07) is 0. The number of aromatic nitrogens is 1. The average molecular weight is 297 g/mol. The highest BCUT2D eigenvalue weighted by Crippen LogP contribution is 2.39. The monoisotopic (exact) mass is 297 g/mol. The molecule has 0 N–H and O–H groups in total. The van der Waals surface area contributed by atoms with Crippen LogP contribution in [0.25, 0.3) is 10.9 Å². The standard InChI is InChI=1S/C21H31N/c1-12(2)13(3)11-18-19-9-8-10-22(19)21-17(7)15(5)14(4)16(6)20(18)21/h12-13H,8-11H2,1-7H3. The number of nitrogens with zero attached hydrogens (tertiary/aromatic N) is 1. The predicted molar refractivity (Wildman–Crippen MR) is 96.9 cm³/mol. The van der Waals surface area contributed by atoms with E-state index in [1.165, 1.54) is 48.1 Å². The molecule has 2 aromatic rings. The Morgan fingerprint density at radius 3 is 2.18 bits per heavy atom. The van der Waals surface area contributed by atoms with Crippen molar-refractivity contribution < 1.29 is 0 Å². The smallest absolute Gasteiger partial charge is 0.0520 e. The Balaban J connectivity index is 2.32. The number of fused-ring (bicyclic) bond motifs is 3. The zero-order valence-corrected chi connectivity index (χ0v) is 15.4. The summed E-state index contributed by atoms with van der Waals surface area (Å²) in [7, 11) is 0. The SMILES string of the molecule is Cc1c(C)c(C)c2c(c1C)c(CC(C)C(C)C)c1n2CCC1. The minimum atomic E-state index is 0.747. The highest BCUT2D eigenvalue weighted by Gasteiger charge is 2.26. The summed E-state index contributed by atoms with van der Waals surface area (Å²) in [6.07, 6.45) is 3.82. The van der Waals surface area contributed by atoms with E-state index in [4.69, 9.17) is 0 Å². The lowest BCUT2D eigenvalue weighted by Crippen LogP contribution is -2.08. The lowest BCUT2D eigenvalue weighted by atomic mass is 9.86. The van der Waals surface area contributed by atoms with Gasteiger partial charge in [0.15, 0.2) is 0 Å². The third kappa shape index (κ3) is 2.13. The molecule has 2 heterocycles. The molecule has 3 rings (SSSR count). The molecule has 0 radical (unpaired) electrons. The van der Waals surface area contributed by atoms with Crippen molar-refractivity contribution in [3.63, 3.8) is 0 Å². The summed E-state index contributed by atoms with van der Waals surface area (Å²) in [6.45, 7) is 17.6. The number of hydrogen-bond donors (Lipinski definition) is 0. The van der Waals surface area contributed by atoms with Gasteiger partial charge >= 0.3 is 0 Å². The van der Waals surface area contributed by atoms with E-state index in [1.807, 2.05) is 0 Å².